The second-order valence-electron chi connectivity index (χ2n) is 11.1. The molecule has 0 fully saturated rings. The van der Waals surface area contributed by atoms with Crippen molar-refractivity contribution in [1.82, 2.24) is 15.0 Å². The van der Waals surface area contributed by atoms with Gasteiger partial charge in [0.1, 0.15) is 29.0 Å². The molecule has 1 unspecified atom stereocenters. The van der Waals surface area contributed by atoms with Crippen LogP contribution in [0.5, 0.6) is 11.5 Å². The second-order valence-corrected chi connectivity index (χ2v) is 11.1. The maximum absolute atomic E-state index is 13.0. The molecular formula is C32H29N5O3. The topological polar surface area (TPSA) is 130 Å². The number of ether oxygens (including phenoxy) is 2. The van der Waals surface area contributed by atoms with Gasteiger partial charge in [0.15, 0.2) is 0 Å². The van der Waals surface area contributed by atoms with Crippen LogP contribution >= 0.6 is 0 Å². The Balaban J connectivity index is 1.69. The van der Waals surface area contributed by atoms with E-state index in [1.807, 2.05) is 55.5 Å². The van der Waals surface area contributed by atoms with E-state index in [0.717, 1.165) is 33.3 Å². The molecule has 4 N–H and O–H groups in total. The summed E-state index contributed by atoms with van der Waals surface area (Å²) in [4.78, 5) is 24.2. The molecule has 0 saturated carbocycles. The molecule has 8 heteroatoms. The third kappa shape index (κ3) is 3.90. The Labute approximate surface area is 231 Å². The van der Waals surface area contributed by atoms with Gasteiger partial charge < -0.3 is 25.2 Å². The van der Waals surface area contributed by atoms with Crippen LogP contribution in [0.1, 0.15) is 49.1 Å². The fourth-order valence-corrected chi connectivity index (χ4v) is 5.60. The molecule has 200 valence electrons. The van der Waals surface area contributed by atoms with E-state index >= 15 is 0 Å². The largest absolute Gasteiger partial charge is 0.497 e. The van der Waals surface area contributed by atoms with Crippen LogP contribution in [0.4, 0.5) is 0 Å². The van der Waals surface area contributed by atoms with Crippen LogP contribution in [0.2, 0.25) is 0 Å². The number of methoxy groups -OCH3 is 1. The van der Waals surface area contributed by atoms with Gasteiger partial charge in [-0.3, -0.25) is 4.79 Å². The molecule has 3 heterocycles. The molecule has 0 spiro atoms. The fourth-order valence-electron chi connectivity index (χ4n) is 5.60. The van der Waals surface area contributed by atoms with Crippen molar-refractivity contribution in [2.75, 3.05) is 7.11 Å². The molecule has 1 atom stereocenters. The fraction of sp³-hybridized carbons (Fsp3) is 0.219. The van der Waals surface area contributed by atoms with Crippen LogP contribution in [-0.4, -0.2) is 22.1 Å². The van der Waals surface area contributed by atoms with Crippen LogP contribution in [0.3, 0.4) is 0 Å². The maximum Gasteiger partial charge on any atom is 0.259 e. The third-order valence-electron chi connectivity index (χ3n) is 7.54. The van der Waals surface area contributed by atoms with E-state index in [0.29, 0.717) is 39.4 Å². The smallest absolute Gasteiger partial charge is 0.259 e. The summed E-state index contributed by atoms with van der Waals surface area (Å²) >= 11 is 0. The zero-order valence-electron chi connectivity index (χ0n) is 23.0. The SMILES string of the molecule is COc1ccc2[nH]c(C)c(C3C(C#N)=C(N)Oc4c3cc(-c3nc5ccccc5c(=O)[nH]3)cc4C(C)(C)C)c2c1. The van der Waals surface area contributed by atoms with Gasteiger partial charge in [0.05, 0.1) is 23.9 Å². The highest BCUT2D eigenvalue weighted by molar-refractivity contribution is 5.89. The first-order valence-corrected chi connectivity index (χ1v) is 13.0. The van der Waals surface area contributed by atoms with Crippen molar-refractivity contribution in [3.8, 4) is 29.0 Å². The van der Waals surface area contributed by atoms with Gasteiger partial charge in [-0.05, 0) is 60.4 Å². The molecule has 3 aromatic carbocycles. The number of fused-ring (bicyclic) bond motifs is 3. The highest BCUT2D eigenvalue weighted by Gasteiger charge is 2.37. The maximum atomic E-state index is 13.0. The normalized spacial score (nSPS) is 15.2. The van der Waals surface area contributed by atoms with E-state index in [9.17, 15) is 10.1 Å². The van der Waals surface area contributed by atoms with Gasteiger partial charge in [0, 0.05) is 33.3 Å². The Bertz CT molecular complexity index is 1970. The number of aromatic nitrogens is 3. The summed E-state index contributed by atoms with van der Waals surface area (Å²) < 4.78 is 11.7. The van der Waals surface area contributed by atoms with Gasteiger partial charge in [-0.2, -0.15) is 5.26 Å². The third-order valence-corrected chi connectivity index (χ3v) is 7.54. The van der Waals surface area contributed by atoms with Crippen LogP contribution in [0.25, 0.3) is 33.2 Å². The number of allylic oxidation sites excluding steroid dienone is 1. The first-order chi connectivity index (χ1) is 19.1. The lowest BCUT2D eigenvalue weighted by Crippen LogP contribution is -2.25. The molecule has 0 saturated heterocycles. The Morgan fingerprint density at radius 1 is 1.07 bits per heavy atom. The Kier molecular flexibility index (Phi) is 5.70. The number of nitriles is 1. The van der Waals surface area contributed by atoms with Gasteiger partial charge in [-0.15, -0.1) is 0 Å². The predicted octanol–water partition coefficient (Wildman–Crippen LogP) is 5.90. The van der Waals surface area contributed by atoms with E-state index in [1.54, 1.807) is 13.2 Å². The predicted molar refractivity (Wildman–Crippen MR) is 155 cm³/mol. The summed E-state index contributed by atoms with van der Waals surface area (Å²) in [7, 11) is 1.63. The van der Waals surface area contributed by atoms with Crippen molar-refractivity contribution < 1.29 is 9.47 Å². The number of aryl methyl sites for hydroxylation is 1. The molecule has 40 heavy (non-hydrogen) atoms. The Morgan fingerprint density at radius 2 is 1.85 bits per heavy atom. The minimum atomic E-state index is -0.525. The summed E-state index contributed by atoms with van der Waals surface area (Å²) in [6.45, 7) is 8.24. The summed E-state index contributed by atoms with van der Waals surface area (Å²) in [5, 5.41) is 11.8. The Morgan fingerprint density at radius 3 is 2.58 bits per heavy atom. The van der Waals surface area contributed by atoms with Crippen molar-refractivity contribution in [2.24, 2.45) is 5.73 Å². The molecule has 5 aromatic rings. The average Bonchev–Trinajstić information content (AvgIpc) is 3.25. The van der Waals surface area contributed by atoms with Gasteiger partial charge in [0.2, 0.25) is 5.88 Å². The highest BCUT2D eigenvalue weighted by atomic mass is 16.5. The molecule has 1 aliphatic rings. The standard InChI is InChI=1S/C32H29N5O3/c1-16-26(20-14-18(39-5)10-11-25(20)35-16)27-21-12-17(30-36-24-9-7-6-8-19(24)31(38)37-30)13-23(32(2,3)4)28(21)40-29(34)22(27)15-33/h6-14,27,35H,34H2,1-5H3,(H,36,37,38). The number of rotatable bonds is 3. The first kappa shape index (κ1) is 25.3. The lowest BCUT2D eigenvalue weighted by Gasteiger charge is -2.32. The molecule has 0 radical (unpaired) electrons. The number of benzene rings is 3. The summed E-state index contributed by atoms with van der Waals surface area (Å²) in [6.07, 6.45) is 0. The van der Waals surface area contributed by atoms with Gasteiger partial charge in [-0.25, -0.2) is 4.98 Å². The van der Waals surface area contributed by atoms with E-state index in [-0.39, 0.29) is 16.9 Å². The summed E-state index contributed by atoms with van der Waals surface area (Å²) in [5.41, 5.74) is 11.9. The molecule has 1 aliphatic heterocycles. The number of aromatic amines is 2. The van der Waals surface area contributed by atoms with Crippen LogP contribution in [0.15, 0.2) is 70.8 Å². The van der Waals surface area contributed by atoms with Crippen molar-refractivity contribution >= 4 is 21.8 Å². The monoisotopic (exact) mass is 531 g/mol. The van der Waals surface area contributed by atoms with Crippen LogP contribution in [0, 0.1) is 18.3 Å². The van der Waals surface area contributed by atoms with Crippen LogP contribution < -0.4 is 20.8 Å². The average molecular weight is 532 g/mol. The van der Waals surface area contributed by atoms with Crippen molar-refractivity contribution in [3.05, 3.63) is 98.8 Å². The molecular weight excluding hydrogens is 502 g/mol. The number of para-hydroxylation sites is 1. The van der Waals surface area contributed by atoms with Gasteiger partial charge in [0.25, 0.3) is 5.56 Å². The molecule has 2 aromatic heterocycles. The molecule has 0 bridgehead atoms. The zero-order valence-corrected chi connectivity index (χ0v) is 23.0. The summed E-state index contributed by atoms with van der Waals surface area (Å²) in [5.74, 6) is 1.30. The van der Waals surface area contributed by atoms with Crippen LogP contribution in [-0.2, 0) is 5.41 Å². The first-order valence-electron chi connectivity index (χ1n) is 13.0. The lowest BCUT2D eigenvalue weighted by atomic mass is 9.77. The molecule has 0 aliphatic carbocycles. The van der Waals surface area contributed by atoms with E-state index < -0.39 is 5.92 Å². The minimum absolute atomic E-state index is 0.0760. The Hall–Kier alpha value is -5.03. The highest BCUT2D eigenvalue weighted by Crippen LogP contribution is 2.50. The number of hydrogen-bond acceptors (Lipinski definition) is 6. The number of nitrogens with one attached hydrogen (secondary N) is 2. The van der Waals surface area contributed by atoms with E-state index in [2.05, 4.69) is 36.8 Å². The van der Waals surface area contributed by atoms with E-state index in [1.165, 1.54) is 0 Å². The minimum Gasteiger partial charge on any atom is -0.497 e. The number of H-pyrrole nitrogens is 2. The molecule has 6 rings (SSSR count). The number of nitrogens with two attached hydrogens (primary N) is 1. The lowest BCUT2D eigenvalue weighted by molar-refractivity contribution is 0.379. The number of nitrogens with zero attached hydrogens (tertiary/aromatic N) is 2. The van der Waals surface area contributed by atoms with E-state index in [4.69, 9.17) is 20.2 Å². The number of hydrogen-bond donors (Lipinski definition) is 3. The quantitative estimate of drug-likeness (QED) is 0.266. The van der Waals surface area contributed by atoms with Crippen molar-refractivity contribution in [2.45, 2.75) is 39.0 Å². The van der Waals surface area contributed by atoms with Gasteiger partial charge in [-0.1, -0.05) is 32.9 Å². The second kappa shape index (κ2) is 9.02. The van der Waals surface area contributed by atoms with Crippen molar-refractivity contribution in [1.29, 1.82) is 5.26 Å². The zero-order chi connectivity index (χ0) is 28.3. The molecule has 8 nitrogen and oxygen atoms in total. The molecule has 0 amide bonds. The summed E-state index contributed by atoms with van der Waals surface area (Å²) in [6, 6.07) is 19.3. The van der Waals surface area contributed by atoms with Gasteiger partial charge >= 0.3 is 0 Å². The van der Waals surface area contributed by atoms with Crippen molar-refractivity contribution in [3.63, 3.8) is 0 Å².